The van der Waals surface area contributed by atoms with Crippen LogP contribution in [0, 0.1) is 10.1 Å². The zero-order valence-electron chi connectivity index (χ0n) is 12.0. The lowest BCUT2D eigenvalue weighted by Crippen LogP contribution is -2.46. The number of hydrogen-bond acceptors (Lipinski definition) is 4. The summed E-state index contributed by atoms with van der Waals surface area (Å²) in [5.41, 5.74) is 1.95. The highest BCUT2D eigenvalue weighted by Gasteiger charge is 2.23. The zero-order valence-corrected chi connectivity index (χ0v) is 12.7. The highest BCUT2D eigenvalue weighted by molar-refractivity contribution is 6.30. The Kier molecular flexibility index (Phi) is 4.15. The first-order chi connectivity index (χ1) is 10.6. The van der Waals surface area contributed by atoms with E-state index in [-0.39, 0.29) is 10.6 Å². The van der Waals surface area contributed by atoms with E-state index in [9.17, 15) is 10.1 Å². The Morgan fingerprint density at radius 3 is 2.32 bits per heavy atom. The number of nitro groups is 1. The van der Waals surface area contributed by atoms with Crippen LogP contribution in [0.2, 0.25) is 5.02 Å². The molecule has 1 fully saturated rings. The second kappa shape index (κ2) is 6.23. The molecule has 114 valence electrons. The van der Waals surface area contributed by atoms with Crippen molar-refractivity contribution in [3.05, 3.63) is 63.7 Å². The summed E-state index contributed by atoms with van der Waals surface area (Å²) in [5.74, 6) is 0. The van der Waals surface area contributed by atoms with Crippen LogP contribution in [0.5, 0.6) is 0 Å². The first kappa shape index (κ1) is 14.7. The third kappa shape index (κ3) is 2.99. The van der Waals surface area contributed by atoms with E-state index in [4.69, 9.17) is 11.6 Å². The summed E-state index contributed by atoms with van der Waals surface area (Å²) in [4.78, 5) is 15.1. The predicted octanol–water partition coefficient (Wildman–Crippen LogP) is 3.57. The quantitative estimate of drug-likeness (QED) is 0.641. The Hall–Kier alpha value is -2.27. The van der Waals surface area contributed by atoms with Crippen molar-refractivity contribution in [2.75, 3.05) is 36.0 Å². The van der Waals surface area contributed by atoms with Crippen molar-refractivity contribution in [2.45, 2.75) is 0 Å². The third-order valence-corrected chi connectivity index (χ3v) is 4.11. The first-order valence-corrected chi connectivity index (χ1v) is 7.52. The molecule has 0 aliphatic carbocycles. The molecule has 1 aliphatic heterocycles. The number of para-hydroxylation sites is 2. The number of hydrogen-bond donors (Lipinski definition) is 0. The van der Waals surface area contributed by atoms with Crippen molar-refractivity contribution in [3.63, 3.8) is 0 Å². The molecule has 0 N–H and O–H groups in total. The molecule has 1 aliphatic rings. The summed E-state index contributed by atoms with van der Waals surface area (Å²) in [6.45, 7) is 3.12. The lowest BCUT2D eigenvalue weighted by molar-refractivity contribution is -0.384. The molecule has 2 aromatic carbocycles. The molecule has 0 bridgehead atoms. The van der Waals surface area contributed by atoms with Gasteiger partial charge < -0.3 is 9.80 Å². The van der Waals surface area contributed by atoms with Gasteiger partial charge in [0.25, 0.3) is 5.69 Å². The second-order valence-corrected chi connectivity index (χ2v) is 5.64. The number of halogens is 1. The third-order valence-electron chi connectivity index (χ3n) is 3.87. The summed E-state index contributed by atoms with van der Waals surface area (Å²) in [7, 11) is 0. The Balaban J connectivity index is 1.73. The minimum Gasteiger partial charge on any atom is -0.368 e. The molecule has 0 radical (unpaired) electrons. The van der Waals surface area contributed by atoms with Gasteiger partial charge >= 0.3 is 0 Å². The number of benzene rings is 2. The van der Waals surface area contributed by atoms with Gasteiger partial charge in [-0.1, -0.05) is 29.8 Å². The Bertz CT molecular complexity index is 685. The van der Waals surface area contributed by atoms with E-state index in [1.165, 1.54) is 0 Å². The molecule has 0 unspecified atom stereocenters. The minimum atomic E-state index is -0.321. The maximum Gasteiger partial charge on any atom is 0.292 e. The van der Waals surface area contributed by atoms with Crippen molar-refractivity contribution in [3.8, 4) is 0 Å². The van der Waals surface area contributed by atoms with Crippen LogP contribution in [0.1, 0.15) is 0 Å². The van der Waals surface area contributed by atoms with Crippen LogP contribution >= 0.6 is 11.6 Å². The number of nitro benzene ring substituents is 1. The van der Waals surface area contributed by atoms with Crippen LogP contribution in [0.3, 0.4) is 0 Å². The van der Waals surface area contributed by atoms with Gasteiger partial charge in [0.1, 0.15) is 5.69 Å². The summed E-state index contributed by atoms with van der Waals surface area (Å²) >= 11 is 6.03. The fourth-order valence-electron chi connectivity index (χ4n) is 2.76. The number of anilines is 2. The van der Waals surface area contributed by atoms with E-state index in [1.807, 2.05) is 36.4 Å². The summed E-state index contributed by atoms with van der Waals surface area (Å²) < 4.78 is 0. The molecule has 1 saturated heterocycles. The molecular weight excluding hydrogens is 302 g/mol. The van der Waals surface area contributed by atoms with Crippen LogP contribution in [0.4, 0.5) is 17.1 Å². The molecule has 0 atom stereocenters. The van der Waals surface area contributed by atoms with Gasteiger partial charge in [0.2, 0.25) is 0 Å². The van der Waals surface area contributed by atoms with Crippen molar-refractivity contribution < 1.29 is 4.92 Å². The Morgan fingerprint density at radius 1 is 0.955 bits per heavy atom. The van der Waals surface area contributed by atoms with Crippen LogP contribution in [0.15, 0.2) is 48.5 Å². The van der Waals surface area contributed by atoms with Crippen molar-refractivity contribution in [1.29, 1.82) is 0 Å². The van der Waals surface area contributed by atoms with Crippen molar-refractivity contribution in [2.24, 2.45) is 0 Å². The van der Waals surface area contributed by atoms with E-state index in [2.05, 4.69) is 9.80 Å². The standard InChI is InChI=1S/C16H16ClN3O2/c17-13-4-3-5-14(12-13)18-8-10-19(11-9-18)15-6-1-2-7-16(15)20(21)22/h1-7,12H,8-11H2. The number of piperazine rings is 1. The molecule has 2 aromatic rings. The van der Waals surface area contributed by atoms with E-state index in [1.54, 1.807) is 12.1 Å². The SMILES string of the molecule is O=[N+]([O-])c1ccccc1N1CCN(c2cccc(Cl)c2)CC1. The van der Waals surface area contributed by atoms with E-state index in [0.29, 0.717) is 5.69 Å². The average molecular weight is 318 g/mol. The van der Waals surface area contributed by atoms with Gasteiger partial charge in [-0.3, -0.25) is 10.1 Å². The monoisotopic (exact) mass is 317 g/mol. The fraction of sp³-hybridized carbons (Fsp3) is 0.250. The molecular formula is C16H16ClN3O2. The Labute approximate surface area is 133 Å². The van der Waals surface area contributed by atoms with Gasteiger partial charge in [0, 0.05) is 43.0 Å². The second-order valence-electron chi connectivity index (χ2n) is 5.20. The van der Waals surface area contributed by atoms with E-state index < -0.39 is 0 Å². The van der Waals surface area contributed by atoms with Gasteiger partial charge in [-0.25, -0.2) is 0 Å². The fourth-order valence-corrected chi connectivity index (χ4v) is 2.95. The minimum absolute atomic E-state index is 0.165. The largest absolute Gasteiger partial charge is 0.368 e. The highest BCUT2D eigenvalue weighted by atomic mass is 35.5. The maximum absolute atomic E-state index is 11.1. The summed E-state index contributed by atoms with van der Waals surface area (Å²) in [6, 6.07) is 14.7. The van der Waals surface area contributed by atoms with Crippen LogP contribution in [0.25, 0.3) is 0 Å². The van der Waals surface area contributed by atoms with Crippen molar-refractivity contribution in [1.82, 2.24) is 0 Å². The topological polar surface area (TPSA) is 49.6 Å². The maximum atomic E-state index is 11.1. The molecule has 6 heteroatoms. The van der Waals surface area contributed by atoms with Gasteiger partial charge in [0.05, 0.1) is 4.92 Å². The van der Waals surface area contributed by atoms with Gasteiger partial charge in [-0.15, -0.1) is 0 Å². The molecule has 1 heterocycles. The molecule has 0 spiro atoms. The zero-order chi connectivity index (χ0) is 15.5. The van der Waals surface area contributed by atoms with Crippen molar-refractivity contribution >= 4 is 28.7 Å². The van der Waals surface area contributed by atoms with Gasteiger partial charge in [0.15, 0.2) is 0 Å². The lowest BCUT2D eigenvalue weighted by atomic mass is 10.2. The molecule has 0 aromatic heterocycles. The number of nitrogens with zero attached hydrogens (tertiary/aromatic N) is 3. The van der Waals surface area contributed by atoms with Gasteiger partial charge in [-0.05, 0) is 24.3 Å². The van der Waals surface area contributed by atoms with Crippen LogP contribution < -0.4 is 9.80 Å². The molecule has 0 amide bonds. The van der Waals surface area contributed by atoms with Gasteiger partial charge in [-0.2, -0.15) is 0 Å². The van der Waals surface area contributed by atoms with E-state index in [0.717, 1.165) is 36.9 Å². The average Bonchev–Trinajstić information content (AvgIpc) is 2.55. The summed E-state index contributed by atoms with van der Waals surface area (Å²) in [6.07, 6.45) is 0. The normalized spacial score (nSPS) is 15.0. The lowest BCUT2D eigenvalue weighted by Gasteiger charge is -2.37. The van der Waals surface area contributed by atoms with Crippen LogP contribution in [-0.2, 0) is 0 Å². The predicted molar refractivity (Wildman–Crippen MR) is 89.0 cm³/mol. The van der Waals surface area contributed by atoms with Crippen LogP contribution in [-0.4, -0.2) is 31.1 Å². The highest BCUT2D eigenvalue weighted by Crippen LogP contribution is 2.29. The Morgan fingerprint density at radius 2 is 1.64 bits per heavy atom. The summed E-state index contributed by atoms with van der Waals surface area (Å²) in [5, 5.41) is 11.9. The molecule has 0 saturated carbocycles. The van der Waals surface area contributed by atoms with E-state index >= 15 is 0 Å². The molecule has 3 rings (SSSR count). The molecule has 5 nitrogen and oxygen atoms in total. The molecule has 22 heavy (non-hydrogen) atoms. The first-order valence-electron chi connectivity index (χ1n) is 7.14. The number of rotatable bonds is 3. The smallest absolute Gasteiger partial charge is 0.292 e.